The summed E-state index contributed by atoms with van der Waals surface area (Å²) >= 11 is 0. The van der Waals surface area contributed by atoms with Crippen LogP contribution < -0.4 is 0 Å². The number of aromatic carboxylic acids is 1. The van der Waals surface area contributed by atoms with Crippen LogP contribution >= 0.6 is 0 Å². The maximum absolute atomic E-state index is 10.9. The summed E-state index contributed by atoms with van der Waals surface area (Å²) in [5.41, 5.74) is 3.50. The summed E-state index contributed by atoms with van der Waals surface area (Å²) in [6.07, 6.45) is 5.49. The molecule has 3 rings (SSSR count). The molecule has 1 aliphatic carbocycles. The number of hydrogen-bond acceptors (Lipinski definition) is 3. The van der Waals surface area contributed by atoms with E-state index in [1.165, 1.54) is 23.6 Å². The minimum atomic E-state index is -1.06. The van der Waals surface area contributed by atoms with Gasteiger partial charge in [0.15, 0.2) is 0 Å². The molecule has 0 atom stereocenters. The SMILES string of the molecule is O=C(O)c1cc(-c2cc3c(cc2O)CCCCC3)n[nH]1. The number of benzene rings is 1. The predicted molar refractivity (Wildman–Crippen MR) is 73.9 cm³/mol. The molecule has 0 saturated heterocycles. The van der Waals surface area contributed by atoms with Crippen LogP contribution in [0.4, 0.5) is 0 Å². The molecule has 0 unspecified atom stereocenters. The molecule has 1 aliphatic rings. The van der Waals surface area contributed by atoms with E-state index in [9.17, 15) is 9.90 Å². The summed E-state index contributed by atoms with van der Waals surface area (Å²) in [6.45, 7) is 0. The molecule has 1 heterocycles. The third kappa shape index (κ3) is 2.27. The Labute approximate surface area is 116 Å². The second kappa shape index (κ2) is 5.00. The summed E-state index contributed by atoms with van der Waals surface area (Å²) in [5.74, 6) is -0.896. The zero-order valence-corrected chi connectivity index (χ0v) is 11.0. The molecule has 1 aromatic heterocycles. The summed E-state index contributed by atoms with van der Waals surface area (Å²) in [7, 11) is 0. The van der Waals surface area contributed by atoms with Gasteiger partial charge in [0.1, 0.15) is 11.4 Å². The lowest BCUT2D eigenvalue weighted by Gasteiger charge is -2.09. The van der Waals surface area contributed by atoms with Crippen LogP contribution in [0.15, 0.2) is 18.2 Å². The smallest absolute Gasteiger partial charge is 0.353 e. The Morgan fingerprint density at radius 1 is 1.10 bits per heavy atom. The quantitative estimate of drug-likeness (QED) is 0.734. The number of aryl methyl sites for hydroxylation is 2. The lowest BCUT2D eigenvalue weighted by Crippen LogP contribution is -1.95. The van der Waals surface area contributed by atoms with Gasteiger partial charge in [0.2, 0.25) is 0 Å². The fraction of sp³-hybridized carbons (Fsp3) is 0.333. The molecule has 0 bridgehead atoms. The normalized spacial score (nSPS) is 14.6. The van der Waals surface area contributed by atoms with E-state index in [-0.39, 0.29) is 11.4 Å². The fourth-order valence-electron chi connectivity index (χ4n) is 2.72. The number of carboxylic acid groups (broad SMARTS) is 1. The first-order valence-electron chi connectivity index (χ1n) is 6.79. The molecule has 104 valence electrons. The number of hydrogen-bond donors (Lipinski definition) is 3. The maximum Gasteiger partial charge on any atom is 0.353 e. The van der Waals surface area contributed by atoms with Gasteiger partial charge in [-0.3, -0.25) is 5.10 Å². The Bertz CT molecular complexity index is 661. The summed E-state index contributed by atoms with van der Waals surface area (Å²) < 4.78 is 0. The van der Waals surface area contributed by atoms with Crippen LogP contribution in [0.5, 0.6) is 5.75 Å². The standard InChI is InChI=1S/C15H16N2O3/c18-14-7-10-5-3-1-2-4-9(10)6-11(14)12-8-13(15(19)20)17-16-12/h6-8,18H,1-5H2,(H,16,17)(H,19,20). The molecular formula is C15H16N2O3. The molecule has 0 spiro atoms. The molecule has 20 heavy (non-hydrogen) atoms. The minimum Gasteiger partial charge on any atom is -0.507 e. The Balaban J connectivity index is 2.04. The van der Waals surface area contributed by atoms with Crippen LogP contribution in [0.25, 0.3) is 11.3 Å². The third-order valence-electron chi connectivity index (χ3n) is 3.79. The molecule has 0 aliphatic heterocycles. The largest absolute Gasteiger partial charge is 0.507 e. The highest BCUT2D eigenvalue weighted by atomic mass is 16.4. The molecule has 0 fully saturated rings. The number of nitrogens with zero attached hydrogens (tertiary/aromatic N) is 1. The second-order valence-electron chi connectivity index (χ2n) is 5.17. The van der Waals surface area contributed by atoms with E-state index in [1.807, 2.05) is 6.07 Å². The van der Waals surface area contributed by atoms with Crippen LogP contribution in [-0.4, -0.2) is 26.4 Å². The van der Waals surface area contributed by atoms with Gasteiger partial charge in [0.05, 0.1) is 5.69 Å². The highest BCUT2D eigenvalue weighted by Crippen LogP contribution is 2.33. The van der Waals surface area contributed by atoms with Crippen molar-refractivity contribution >= 4 is 5.97 Å². The van der Waals surface area contributed by atoms with Crippen molar-refractivity contribution in [1.82, 2.24) is 10.2 Å². The van der Waals surface area contributed by atoms with Crippen LogP contribution in [0.3, 0.4) is 0 Å². The molecule has 1 aromatic carbocycles. The molecule has 0 saturated carbocycles. The molecule has 3 N–H and O–H groups in total. The Morgan fingerprint density at radius 3 is 2.45 bits per heavy atom. The number of aromatic nitrogens is 2. The van der Waals surface area contributed by atoms with Gasteiger partial charge in [-0.15, -0.1) is 0 Å². The van der Waals surface area contributed by atoms with E-state index >= 15 is 0 Å². The third-order valence-corrected chi connectivity index (χ3v) is 3.79. The average Bonchev–Trinajstić information content (AvgIpc) is 2.79. The minimum absolute atomic E-state index is 0.0225. The molecule has 5 heteroatoms. The summed E-state index contributed by atoms with van der Waals surface area (Å²) in [4.78, 5) is 10.9. The van der Waals surface area contributed by atoms with Gasteiger partial charge in [-0.1, -0.05) is 6.42 Å². The van der Waals surface area contributed by atoms with E-state index in [0.717, 1.165) is 25.7 Å². The van der Waals surface area contributed by atoms with E-state index in [2.05, 4.69) is 10.2 Å². The number of aromatic amines is 1. The Morgan fingerprint density at radius 2 is 1.80 bits per heavy atom. The number of phenolic OH excluding ortho intramolecular Hbond substituents is 1. The molecule has 5 nitrogen and oxygen atoms in total. The highest BCUT2D eigenvalue weighted by molar-refractivity contribution is 5.87. The Kier molecular flexibility index (Phi) is 3.18. The number of rotatable bonds is 2. The number of aromatic hydroxyl groups is 1. The van der Waals surface area contributed by atoms with Crippen LogP contribution in [0.1, 0.15) is 40.9 Å². The maximum atomic E-state index is 10.9. The number of carbonyl (C=O) groups is 1. The number of H-pyrrole nitrogens is 1. The van der Waals surface area contributed by atoms with Crippen molar-refractivity contribution in [2.24, 2.45) is 0 Å². The highest BCUT2D eigenvalue weighted by Gasteiger charge is 2.16. The van der Waals surface area contributed by atoms with Crippen molar-refractivity contribution in [3.8, 4) is 17.0 Å². The first-order chi connectivity index (χ1) is 9.65. The molecular weight excluding hydrogens is 256 g/mol. The summed E-state index contributed by atoms with van der Waals surface area (Å²) in [5, 5.41) is 25.5. The van der Waals surface area contributed by atoms with Crippen molar-refractivity contribution < 1.29 is 15.0 Å². The van der Waals surface area contributed by atoms with E-state index in [1.54, 1.807) is 6.07 Å². The van der Waals surface area contributed by atoms with Gasteiger partial charge in [0, 0.05) is 5.56 Å². The average molecular weight is 272 g/mol. The van der Waals surface area contributed by atoms with E-state index in [0.29, 0.717) is 11.3 Å². The zero-order valence-electron chi connectivity index (χ0n) is 11.0. The van der Waals surface area contributed by atoms with E-state index < -0.39 is 5.97 Å². The van der Waals surface area contributed by atoms with Crippen LogP contribution in [0.2, 0.25) is 0 Å². The van der Waals surface area contributed by atoms with Crippen molar-refractivity contribution in [3.63, 3.8) is 0 Å². The number of carboxylic acids is 1. The number of phenols is 1. The van der Waals surface area contributed by atoms with Crippen LogP contribution in [-0.2, 0) is 12.8 Å². The second-order valence-corrected chi connectivity index (χ2v) is 5.17. The van der Waals surface area contributed by atoms with Crippen molar-refractivity contribution in [2.75, 3.05) is 0 Å². The predicted octanol–water partition coefficient (Wildman–Crippen LogP) is 2.75. The molecule has 0 amide bonds. The Hall–Kier alpha value is -2.30. The van der Waals surface area contributed by atoms with Gasteiger partial charge in [0.25, 0.3) is 0 Å². The topological polar surface area (TPSA) is 86.2 Å². The molecule has 0 radical (unpaired) electrons. The van der Waals surface area contributed by atoms with Crippen molar-refractivity contribution in [3.05, 3.63) is 35.0 Å². The first kappa shape index (κ1) is 12.7. The zero-order chi connectivity index (χ0) is 14.1. The number of nitrogens with one attached hydrogen (secondary N) is 1. The van der Waals surface area contributed by atoms with Gasteiger partial charge in [-0.2, -0.15) is 5.10 Å². The molecule has 2 aromatic rings. The van der Waals surface area contributed by atoms with Crippen molar-refractivity contribution in [1.29, 1.82) is 0 Å². The lowest BCUT2D eigenvalue weighted by atomic mass is 9.97. The van der Waals surface area contributed by atoms with Gasteiger partial charge >= 0.3 is 5.97 Å². The van der Waals surface area contributed by atoms with E-state index in [4.69, 9.17) is 5.11 Å². The first-order valence-corrected chi connectivity index (χ1v) is 6.79. The van der Waals surface area contributed by atoms with Gasteiger partial charge < -0.3 is 10.2 Å². The van der Waals surface area contributed by atoms with Crippen molar-refractivity contribution in [2.45, 2.75) is 32.1 Å². The van der Waals surface area contributed by atoms with Gasteiger partial charge in [-0.25, -0.2) is 4.79 Å². The number of fused-ring (bicyclic) bond motifs is 1. The monoisotopic (exact) mass is 272 g/mol. The van der Waals surface area contributed by atoms with Gasteiger partial charge in [-0.05, 0) is 55.0 Å². The van der Waals surface area contributed by atoms with Crippen LogP contribution in [0, 0.1) is 0 Å². The summed E-state index contributed by atoms with van der Waals surface area (Å²) in [6, 6.07) is 5.18. The lowest BCUT2D eigenvalue weighted by molar-refractivity contribution is 0.0690. The fourth-order valence-corrected chi connectivity index (χ4v) is 2.72.